The van der Waals surface area contributed by atoms with E-state index in [9.17, 15) is 9.59 Å². The van der Waals surface area contributed by atoms with E-state index in [1.165, 1.54) is 6.07 Å². The van der Waals surface area contributed by atoms with Crippen molar-refractivity contribution >= 4 is 66.0 Å². The summed E-state index contributed by atoms with van der Waals surface area (Å²) in [5, 5.41) is 3.62. The second-order valence-electron chi connectivity index (χ2n) is 4.71. The molecule has 0 aliphatic heterocycles. The Labute approximate surface area is 152 Å². The van der Waals surface area contributed by atoms with E-state index < -0.39 is 11.5 Å². The minimum atomic E-state index is -0.703. The molecule has 0 atom stereocenters. The molecule has 7 heteroatoms. The first-order chi connectivity index (χ1) is 10.9. The molecule has 1 aromatic heterocycles. The van der Waals surface area contributed by atoms with E-state index >= 15 is 0 Å². The van der Waals surface area contributed by atoms with Gasteiger partial charge in [-0.1, -0.05) is 43.5 Å². The van der Waals surface area contributed by atoms with Crippen LogP contribution in [0.2, 0.25) is 5.02 Å². The highest BCUT2D eigenvalue weighted by Crippen LogP contribution is 2.26. The van der Waals surface area contributed by atoms with Crippen LogP contribution >= 0.6 is 43.5 Å². The van der Waals surface area contributed by atoms with E-state index in [1.54, 1.807) is 36.4 Å². The molecule has 0 unspecified atom stereocenters. The smallest absolute Gasteiger partial charge is 0.349 e. The van der Waals surface area contributed by atoms with E-state index in [0.29, 0.717) is 21.7 Å². The summed E-state index contributed by atoms with van der Waals surface area (Å²) in [6.07, 6.45) is 0. The van der Waals surface area contributed by atoms with Crippen LogP contribution in [0.5, 0.6) is 0 Å². The zero-order chi connectivity index (χ0) is 16.6. The van der Waals surface area contributed by atoms with Crippen LogP contribution < -0.4 is 10.9 Å². The van der Waals surface area contributed by atoms with Crippen LogP contribution in [0.3, 0.4) is 0 Å². The van der Waals surface area contributed by atoms with E-state index in [0.717, 1.165) is 8.95 Å². The molecule has 3 rings (SSSR count). The van der Waals surface area contributed by atoms with Gasteiger partial charge in [0.25, 0.3) is 5.91 Å². The van der Waals surface area contributed by atoms with E-state index in [-0.39, 0.29) is 5.56 Å². The van der Waals surface area contributed by atoms with Gasteiger partial charge in [-0.25, -0.2) is 4.79 Å². The van der Waals surface area contributed by atoms with E-state index in [1.807, 2.05) is 0 Å². The molecule has 0 spiro atoms. The van der Waals surface area contributed by atoms with Crippen LogP contribution in [0.25, 0.3) is 11.0 Å². The van der Waals surface area contributed by atoms with Crippen molar-refractivity contribution in [3.8, 4) is 0 Å². The topological polar surface area (TPSA) is 59.3 Å². The molecule has 3 aromatic rings. The zero-order valence-electron chi connectivity index (χ0n) is 11.4. The number of rotatable bonds is 2. The third-order valence-electron chi connectivity index (χ3n) is 3.12. The van der Waals surface area contributed by atoms with Crippen molar-refractivity contribution in [1.82, 2.24) is 0 Å². The van der Waals surface area contributed by atoms with E-state index in [2.05, 4.69) is 37.2 Å². The molecule has 1 heterocycles. The first-order valence-electron chi connectivity index (χ1n) is 6.44. The number of halogens is 3. The fraction of sp³-hybridized carbons (Fsp3) is 0. The summed E-state index contributed by atoms with van der Waals surface area (Å²) < 4.78 is 6.79. The number of fused-ring (bicyclic) bond motifs is 1. The molecule has 0 saturated carbocycles. The normalized spacial score (nSPS) is 10.7. The van der Waals surface area contributed by atoms with Crippen molar-refractivity contribution < 1.29 is 9.21 Å². The second-order valence-corrected chi connectivity index (χ2v) is 6.95. The third-order valence-corrected chi connectivity index (χ3v) is 4.42. The van der Waals surface area contributed by atoms with Crippen LogP contribution in [-0.4, -0.2) is 5.91 Å². The Morgan fingerprint density at radius 3 is 2.48 bits per heavy atom. The van der Waals surface area contributed by atoms with Crippen molar-refractivity contribution in [3.05, 3.63) is 72.4 Å². The van der Waals surface area contributed by atoms with Gasteiger partial charge in [-0.3, -0.25) is 4.79 Å². The highest BCUT2D eigenvalue weighted by atomic mass is 79.9. The molecule has 0 saturated heterocycles. The molecule has 23 heavy (non-hydrogen) atoms. The summed E-state index contributed by atoms with van der Waals surface area (Å²) in [5.74, 6) is -0.579. The van der Waals surface area contributed by atoms with Gasteiger partial charge in [0, 0.05) is 14.3 Å². The number of nitrogens with one attached hydrogen (secondary N) is 1. The Kier molecular flexibility index (Phi) is 4.57. The van der Waals surface area contributed by atoms with Gasteiger partial charge in [0.05, 0.1) is 10.7 Å². The zero-order valence-corrected chi connectivity index (χ0v) is 15.3. The van der Waals surface area contributed by atoms with Crippen LogP contribution in [-0.2, 0) is 0 Å². The molecule has 0 bridgehead atoms. The number of anilines is 1. The predicted octanol–water partition coefficient (Wildman–Crippen LogP) is 5.22. The Morgan fingerprint density at radius 2 is 1.74 bits per heavy atom. The number of carbonyl (C=O) groups is 1. The fourth-order valence-electron chi connectivity index (χ4n) is 2.03. The highest BCUT2D eigenvalue weighted by molar-refractivity contribution is 9.10. The number of benzene rings is 2. The first kappa shape index (κ1) is 16.2. The molecule has 0 aliphatic carbocycles. The van der Waals surface area contributed by atoms with Gasteiger partial charge in [0.2, 0.25) is 0 Å². The van der Waals surface area contributed by atoms with E-state index in [4.69, 9.17) is 16.0 Å². The Hall–Kier alpha value is -1.63. The summed E-state index contributed by atoms with van der Waals surface area (Å²) in [7, 11) is 0. The molecule has 2 aromatic carbocycles. The monoisotopic (exact) mass is 455 g/mol. The predicted molar refractivity (Wildman–Crippen MR) is 97.3 cm³/mol. The van der Waals surface area contributed by atoms with Crippen molar-refractivity contribution in [2.75, 3.05) is 5.32 Å². The van der Waals surface area contributed by atoms with Crippen LogP contribution in [0, 0.1) is 0 Å². The summed E-state index contributed by atoms with van der Waals surface area (Å²) in [4.78, 5) is 24.4. The van der Waals surface area contributed by atoms with Gasteiger partial charge in [0.15, 0.2) is 0 Å². The lowest BCUT2D eigenvalue weighted by molar-refractivity contribution is 0.102. The highest BCUT2D eigenvalue weighted by Gasteiger charge is 2.15. The maximum absolute atomic E-state index is 12.3. The van der Waals surface area contributed by atoms with Crippen molar-refractivity contribution in [2.45, 2.75) is 0 Å². The molecule has 116 valence electrons. The Balaban J connectivity index is 2.00. The van der Waals surface area contributed by atoms with Crippen molar-refractivity contribution in [1.29, 1.82) is 0 Å². The van der Waals surface area contributed by atoms with Gasteiger partial charge in [-0.05, 0) is 42.5 Å². The van der Waals surface area contributed by atoms with Crippen molar-refractivity contribution in [3.63, 3.8) is 0 Å². The minimum Gasteiger partial charge on any atom is -0.422 e. The Morgan fingerprint density at radius 1 is 1.04 bits per heavy atom. The maximum atomic E-state index is 12.3. The number of hydrogen-bond acceptors (Lipinski definition) is 3. The lowest BCUT2D eigenvalue weighted by Gasteiger charge is -2.07. The molecular weight excluding hydrogens is 449 g/mol. The van der Waals surface area contributed by atoms with Crippen molar-refractivity contribution in [2.24, 2.45) is 0 Å². The average molecular weight is 458 g/mol. The molecule has 0 fully saturated rings. The second kappa shape index (κ2) is 6.47. The van der Waals surface area contributed by atoms with Crippen LogP contribution in [0.15, 0.2) is 60.6 Å². The quantitative estimate of drug-likeness (QED) is 0.537. The molecule has 1 amide bonds. The first-order valence-corrected chi connectivity index (χ1v) is 8.40. The molecule has 4 nitrogen and oxygen atoms in total. The minimum absolute atomic E-state index is 0.0883. The molecular formula is C16H8Br2ClNO3. The lowest BCUT2D eigenvalue weighted by atomic mass is 10.1. The number of carbonyl (C=O) groups excluding carboxylic acids is 1. The lowest BCUT2D eigenvalue weighted by Crippen LogP contribution is -2.20. The average Bonchev–Trinajstić information content (AvgIpc) is 2.49. The summed E-state index contributed by atoms with van der Waals surface area (Å²) >= 11 is 12.7. The SMILES string of the molecule is O=C(Nc1ccc(Br)cc1Cl)c1cc2cc(Br)ccc2oc1=O. The van der Waals surface area contributed by atoms with Gasteiger partial charge in [-0.2, -0.15) is 0 Å². The maximum Gasteiger partial charge on any atom is 0.349 e. The Bertz CT molecular complexity index is 985. The summed E-state index contributed by atoms with van der Waals surface area (Å²) in [5.41, 5.74) is 0.0326. The van der Waals surface area contributed by atoms with Gasteiger partial charge >= 0.3 is 5.63 Å². The number of hydrogen-bond donors (Lipinski definition) is 1. The summed E-state index contributed by atoms with van der Waals surface area (Å²) in [6.45, 7) is 0. The standard InChI is InChI=1S/C16H8Br2ClNO3/c17-9-2-4-14-8(5-9)6-11(16(22)23-14)15(21)20-13-3-1-10(18)7-12(13)19/h1-7H,(H,20,21). The van der Waals surface area contributed by atoms with Gasteiger partial charge in [-0.15, -0.1) is 0 Å². The fourth-order valence-corrected chi connectivity index (χ4v) is 3.13. The third kappa shape index (κ3) is 3.49. The molecule has 0 aliphatic rings. The molecule has 1 N–H and O–H groups in total. The largest absolute Gasteiger partial charge is 0.422 e. The van der Waals surface area contributed by atoms with Gasteiger partial charge < -0.3 is 9.73 Å². The van der Waals surface area contributed by atoms with Crippen LogP contribution in [0.1, 0.15) is 10.4 Å². The summed E-state index contributed by atoms with van der Waals surface area (Å²) in [6, 6.07) is 11.7. The number of amides is 1. The molecule has 0 radical (unpaired) electrons. The van der Waals surface area contributed by atoms with Crippen LogP contribution in [0.4, 0.5) is 5.69 Å². The van der Waals surface area contributed by atoms with Gasteiger partial charge in [0.1, 0.15) is 11.1 Å².